The molecule has 0 bridgehead atoms. The van der Waals surface area contributed by atoms with Crippen LogP contribution < -0.4 is 0 Å². The lowest BCUT2D eigenvalue weighted by atomic mass is 9.98. The van der Waals surface area contributed by atoms with E-state index in [-0.39, 0.29) is 13.2 Å². The fraction of sp³-hybridized carbons (Fsp3) is 0.750. The molecule has 1 heterocycles. The number of ether oxygens (including phenoxy) is 6. The highest BCUT2D eigenvalue weighted by atomic mass is 79.9. The molecule has 1 rings (SSSR count). The summed E-state index contributed by atoms with van der Waals surface area (Å²) >= 11 is 3.20. The van der Waals surface area contributed by atoms with E-state index in [0.717, 1.165) is 20.8 Å². The smallest absolute Gasteiger partial charge is 0.303 e. The number of hydrogen-bond donors (Lipinski definition) is 0. The van der Waals surface area contributed by atoms with Gasteiger partial charge in [-0.25, -0.2) is 0 Å². The molecule has 1 fully saturated rings. The van der Waals surface area contributed by atoms with Crippen molar-refractivity contribution in [2.75, 3.05) is 18.5 Å². The summed E-state index contributed by atoms with van der Waals surface area (Å²) < 4.78 is 31.9. The molecular weight excluding hydrogens is 432 g/mol. The van der Waals surface area contributed by atoms with Crippen molar-refractivity contribution in [3.63, 3.8) is 0 Å². The molecule has 27 heavy (non-hydrogen) atoms. The number of carbonyl (C=O) groups excluding carboxylic acids is 4. The molecule has 0 aromatic carbocycles. The second-order valence-corrected chi connectivity index (χ2v) is 6.42. The number of esters is 4. The molecule has 0 N–H and O–H groups in total. The molecule has 1 saturated heterocycles. The van der Waals surface area contributed by atoms with E-state index in [2.05, 4.69) is 15.9 Å². The lowest BCUT2D eigenvalue weighted by Gasteiger charge is -2.44. The third-order valence-electron chi connectivity index (χ3n) is 3.31. The van der Waals surface area contributed by atoms with Gasteiger partial charge in [0.05, 0.1) is 6.61 Å². The molecular formula is C16H23BrO10. The predicted octanol–water partition coefficient (Wildman–Crippen LogP) is 0.481. The molecule has 3 unspecified atom stereocenters. The zero-order valence-electron chi connectivity index (χ0n) is 15.5. The number of alkyl halides is 1. The van der Waals surface area contributed by atoms with Crippen LogP contribution in [0.4, 0.5) is 0 Å². The molecule has 0 amide bonds. The second-order valence-electron chi connectivity index (χ2n) is 5.63. The third kappa shape index (κ3) is 7.81. The largest absolute Gasteiger partial charge is 0.463 e. The van der Waals surface area contributed by atoms with Gasteiger partial charge in [-0.05, 0) is 0 Å². The molecule has 0 saturated carbocycles. The predicted molar refractivity (Wildman–Crippen MR) is 91.7 cm³/mol. The number of carbonyl (C=O) groups is 4. The molecule has 10 nitrogen and oxygen atoms in total. The van der Waals surface area contributed by atoms with Crippen LogP contribution in [0.3, 0.4) is 0 Å². The van der Waals surface area contributed by atoms with Crippen LogP contribution in [0.2, 0.25) is 0 Å². The highest BCUT2D eigenvalue weighted by Crippen LogP contribution is 2.29. The topological polar surface area (TPSA) is 124 Å². The summed E-state index contributed by atoms with van der Waals surface area (Å²) in [7, 11) is 0. The van der Waals surface area contributed by atoms with Gasteiger partial charge in [-0.3, -0.25) is 19.2 Å². The van der Waals surface area contributed by atoms with Crippen molar-refractivity contribution in [2.24, 2.45) is 0 Å². The molecule has 154 valence electrons. The summed E-state index contributed by atoms with van der Waals surface area (Å²) in [6.45, 7) is 4.58. The summed E-state index contributed by atoms with van der Waals surface area (Å²) in [6.07, 6.45) is -5.73. The lowest BCUT2D eigenvalue weighted by molar-refractivity contribution is -0.306. The van der Waals surface area contributed by atoms with Crippen LogP contribution in [-0.4, -0.2) is 73.1 Å². The average Bonchev–Trinajstić information content (AvgIpc) is 2.54. The first-order valence-electron chi connectivity index (χ1n) is 8.13. The van der Waals surface area contributed by atoms with Crippen molar-refractivity contribution in [2.45, 2.75) is 58.4 Å². The Balaban J connectivity index is 3.22. The molecule has 0 spiro atoms. The van der Waals surface area contributed by atoms with Crippen molar-refractivity contribution in [3.05, 3.63) is 0 Å². The Hall–Kier alpha value is -1.72. The quantitative estimate of drug-likeness (QED) is 0.290. The van der Waals surface area contributed by atoms with Crippen molar-refractivity contribution in [1.82, 2.24) is 0 Å². The van der Waals surface area contributed by atoms with E-state index in [1.807, 2.05) is 0 Å². The van der Waals surface area contributed by atoms with Gasteiger partial charge < -0.3 is 28.4 Å². The van der Waals surface area contributed by atoms with Crippen molar-refractivity contribution in [1.29, 1.82) is 0 Å². The first kappa shape index (κ1) is 23.3. The molecule has 0 aliphatic carbocycles. The molecule has 11 heteroatoms. The molecule has 0 radical (unpaired) electrons. The first-order chi connectivity index (χ1) is 12.6. The van der Waals surface area contributed by atoms with Gasteiger partial charge in [0.2, 0.25) is 0 Å². The van der Waals surface area contributed by atoms with Crippen LogP contribution in [0.5, 0.6) is 0 Å². The molecule has 0 aromatic rings. The van der Waals surface area contributed by atoms with Crippen molar-refractivity contribution < 1.29 is 47.6 Å². The van der Waals surface area contributed by atoms with Crippen molar-refractivity contribution in [3.8, 4) is 0 Å². The van der Waals surface area contributed by atoms with Crippen LogP contribution in [0.1, 0.15) is 27.7 Å². The Kier molecular flexibility index (Phi) is 9.67. The van der Waals surface area contributed by atoms with E-state index in [1.165, 1.54) is 6.92 Å². The van der Waals surface area contributed by atoms with Gasteiger partial charge in [0.25, 0.3) is 0 Å². The highest BCUT2D eigenvalue weighted by Gasteiger charge is 2.52. The van der Waals surface area contributed by atoms with Gasteiger partial charge in [0, 0.05) is 33.0 Å². The van der Waals surface area contributed by atoms with Crippen molar-refractivity contribution >= 4 is 39.8 Å². The Bertz CT molecular complexity index is 551. The van der Waals surface area contributed by atoms with E-state index in [9.17, 15) is 19.2 Å². The minimum absolute atomic E-state index is 0.188. The van der Waals surface area contributed by atoms with Crippen LogP contribution in [0, 0.1) is 0 Å². The molecule has 1 aliphatic rings. The van der Waals surface area contributed by atoms with Gasteiger partial charge in [-0.2, -0.15) is 0 Å². The maximum Gasteiger partial charge on any atom is 0.303 e. The second kappa shape index (κ2) is 11.2. The Morgan fingerprint density at radius 1 is 0.815 bits per heavy atom. The summed E-state index contributed by atoms with van der Waals surface area (Å²) in [4.78, 5) is 45.8. The Labute approximate surface area is 164 Å². The normalized spacial score (nSPS) is 27.4. The van der Waals surface area contributed by atoms with Crippen LogP contribution in [-0.2, 0) is 47.6 Å². The fourth-order valence-electron chi connectivity index (χ4n) is 2.48. The third-order valence-corrected chi connectivity index (χ3v) is 3.63. The fourth-order valence-corrected chi connectivity index (χ4v) is 2.67. The minimum atomic E-state index is -1.22. The average molecular weight is 455 g/mol. The monoisotopic (exact) mass is 454 g/mol. The van der Waals surface area contributed by atoms with Gasteiger partial charge in [0.1, 0.15) is 12.7 Å². The lowest BCUT2D eigenvalue weighted by Crippen LogP contribution is -2.63. The minimum Gasteiger partial charge on any atom is -0.463 e. The molecule has 5 atom stereocenters. The van der Waals surface area contributed by atoms with Gasteiger partial charge in [0.15, 0.2) is 24.6 Å². The van der Waals surface area contributed by atoms with Crippen LogP contribution >= 0.6 is 15.9 Å². The van der Waals surface area contributed by atoms with E-state index < -0.39 is 54.6 Å². The van der Waals surface area contributed by atoms with E-state index >= 15 is 0 Å². The van der Waals surface area contributed by atoms with Gasteiger partial charge in [-0.15, -0.1) is 0 Å². The highest BCUT2D eigenvalue weighted by molar-refractivity contribution is 9.09. The number of rotatable bonds is 8. The summed E-state index contributed by atoms with van der Waals surface area (Å²) in [5.74, 6) is -2.63. The van der Waals surface area contributed by atoms with E-state index in [1.54, 1.807) is 0 Å². The van der Waals surface area contributed by atoms with Gasteiger partial charge in [-0.1, -0.05) is 15.9 Å². The number of hydrogen-bond acceptors (Lipinski definition) is 10. The maximum absolute atomic E-state index is 11.6. The van der Waals surface area contributed by atoms with Crippen LogP contribution in [0.15, 0.2) is 0 Å². The number of halogens is 1. The van der Waals surface area contributed by atoms with Crippen LogP contribution in [0.25, 0.3) is 0 Å². The van der Waals surface area contributed by atoms with Gasteiger partial charge >= 0.3 is 23.9 Å². The SMILES string of the molecule is CC(=O)OCC1O[C@@H](OCCBr)C(OC(C)=O)C(OC(C)=O)[C@@H]1OC(C)=O. The molecule has 1 aliphatic heterocycles. The first-order valence-corrected chi connectivity index (χ1v) is 9.25. The summed E-state index contributed by atoms with van der Waals surface area (Å²) in [5, 5.41) is 0.458. The Morgan fingerprint density at radius 2 is 1.33 bits per heavy atom. The zero-order chi connectivity index (χ0) is 20.6. The summed E-state index contributed by atoms with van der Waals surface area (Å²) in [6, 6.07) is 0. The zero-order valence-corrected chi connectivity index (χ0v) is 17.1. The Morgan fingerprint density at radius 3 is 1.81 bits per heavy atom. The van der Waals surface area contributed by atoms with E-state index in [0.29, 0.717) is 5.33 Å². The summed E-state index contributed by atoms with van der Waals surface area (Å²) in [5.41, 5.74) is 0. The molecule has 0 aromatic heterocycles. The standard InChI is InChI=1S/C16H23BrO10/c1-8(18)23-7-12-13(24-9(2)19)14(25-10(3)20)15(26-11(4)21)16(27-12)22-6-5-17/h12-16H,5-7H2,1-4H3/t12?,13-,14?,15?,16-/m1/s1. The maximum atomic E-state index is 11.6. The van der Waals surface area contributed by atoms with E-state index in [4.69, 9.17) is 28.4 Å².